The number of ether oxygens (including phenoxy) is 2. The number of ketones is 2. The predicted octanol–water partition coefficient (Wildman–Crippen LogP) is 8.63. The van der Waals surface area contributed by atoms with Crippen molar-refractivity contribution < 1.29 is 47.7 Å². The molecule has 0 unspecified atom stereocenters. The standard InChI is InChI=1S/C46H52BrFN2O9Si/c1-45(2,3)60(4,5)59-46-31(38(50-18-12-13-19-50)41-35(43(46)55)44(49-58-41)57-25-27-16-10-7-11-17-27)21-28-20-30-34(39(53)33(28)42(46)54)40(56-24-26-14-8-6-9-15-26)36(47)32(37(30)48)29(22-51)23-52/h6-11,14-17,28-29,31,38,51-53H,12-13,18-25H2,1-5H3/t28-,31-,38-,46-/m0/s1. The third-order valence-electron chi connectivity index (χ3n) is 13.4. The molecule has 11 nitrogen and oxygen atoms in total. The van der Waals surface area contributed by atoms with E-state index in [0.717, 1.165) is 24.0 Å². The minimum absolute atomic E-state index is 0.00734. The summed E-state index contributed by atoms with van der Waals surface area (Å²) in [6.07, 6.45) is 1.94. The third kappa shape index (κ3) is 6.96. The Balaban J connectivity index is 1.34. The van der Waals surface area contributed by atoms with Gasteiger partial charge in [0.25, 0.3) is 5.88 Å². The zero-order valence-electron chi connectivity index (χ0n) is 34.6. The average molecular weight is 904 g/mol. The van der Waals surface area contributed by atoms with Crippen molar-refractivity contribution in [3.8, 4) is 11.6 Å². The minimum atomic E-state index is -3.01. The van der Waals surface area contributed by atoms with Crippen LogP contribution < -0.4 is 9.47 Å². The van der Waals surface area contributed by atoms with E-state index in [4.69, 9.17) is 18.4 Å². The molecule has 14 heteroatoms. The number of halogens is 2. The Kier molecular flexibility index (Phi) is 11.5. The first-order valence-electron chi connectivity index (χ1n) is 20.7. The van der Waals surface area contributed by atoms with E-state index in [1.807, 2.05) is 94.5 Å². The Morgan fingerprint density at radius 3 is 2.13 bits per heavy atom. The van der Waals surface area contributed by atoms with Gasteiger partial charge in [0.05, 0.1) is 29.3 Å². The lowest BCUT2D eigenvalue weighted by atomic mass is 9.57. The highest BCUT2D eigenvalue weighted by molar-refractivity contribution is 9.10. The maximum atomic E-state index is 17.1. The van der Waals surface area contributed by atoms with Gasteiger partial charge in [-0.05, 0) is 95.0 Å². The van der Waals surface area contributed by atoms with Crippen molar-refractivity contribution in [2.75, 3.05) is 26.3 Å². The van der Waals surface area contributed by atoms with Crippen LogP contribution in [0.4, 0.5) is 4.39 Å². The van der Waals surface area contributed by atoms with E-state index < -0.39 is 79.1 Å². The van der Waals surface area contributed by atoms with E-state index in [-0.39, 0.29) is 70.0 Å². The maximum Gasteiger partial charge on any atom is 0.265 e. The summed E-state index contributed by atoms with van der Waals surface area (Å²) >= 11 is 3.52. The summed E-state index contributed by atoms with van der Waals surface area (Å²) < 4.78 is 43.3. The van der Waals surface area contributed by atoms with E-state index in [2.05, 4.69) is 26.0 Å². The summed E-state index contributed by atoms with van der Waals surface area (Å²) in [7, 11) is -3.01. The van der Waals surface area contributed by atoms with Crippen molar-refractivity contribution >= 4 is 41.6 Å². The highest BCUT2D eigenvalue weighted by atomic mass is 79.9. The fourth-order valence-corrected chi connectivity index (χ4v) is 11.6. The Labute approximate surface area is 358 Å². The molecule has 0 spiro atoms. The number of aromatic nitrogens is 1. The summed E-state index contributed by atoms with van der Waals surface area (Å²) in [5, 5.41) is 37.1. The van der Waals surface area contributed by atoms with Crippen molar-refractivity contribution in [3.63, 3.8) is 0 Å². The van der Waals surface area contributed by atoms with Gasteiger partial charge in [-0.2, -0.15) is 0 Å². The van der Waals surface area contributed by atoms with Gasteiger partial charge in [0.2, 0.25) is 11.6 Å². The molecule has 318 valence electrons. The lowest BCUT2D eigenvalue weighted by molar-refractivity contribution is -0.141. The SMILES string of the molecule is CC(C)(C)[Si](C)(C)O[C@]12C(=O)C3=C(O)c4c(c(F)c(C(CO)CO)c(Br)c4OCc4ccccc4)C[C@H]3C[C@H]1[C@H](N1CCCC1)c1onc(OCc3ccccc3)c1C2=O. The van der Waals surface area contributed by atoms with Gasteiger partial charge in [0.15, 0.2) is 19.7 Å². The Morgan fingerprint density at radius 2 is 1.55 bits per heavy atom. The molecule has 2 heterocycles. The van der Waals surface area contributed by atoms with Crippen LogP contribution in [0, 0.1) is 17.7 Å². The molecule has 4 aliphatic rings. The van der Waals surface area contributed by atoms with E-state index in [1.54, 1.807) is 0 Å². The first-order valence-corrected chi connectivity index (χ1v) is 24.4. The van der Waals surface area contributed by atoms with Gasteiger partial charge in [-0.15, -0.1) is 0 Å². The van der Waals surface area contributed by atoms with Crippen LogP contribution in [0.1, 0.15) is 95.9 Å². The number of fused-ring (bicyclic) bond motifs is 4. The van der Waals surface area contributed by atoms with Crippen LogP contribution in [0.15, 0.2) is 75.2 Å². The van der Waals surface area contributed by atoms with Crippen molar-refractivity contribution in [2.24, 2.45) is 11.8 Å². The van der Waals surface area contributed by atoms with Gasteiger partial charge in [-0.3, -0.25) is 14.5 Å². The number of nitrogens with zero attached hydrogens (tertiary/aromatic N) is 2. The van der Waals surface area contributed by atoms with Gasteiger partial charge in [0, 0.05) is 28.5 Å². The van der Waals surface area contributed by atoms with Crippen molar-refractivity contribution in [1.82, 2.24) is 10.1 Å². The molecule has 1 aliphatic heterocycles. The zero-order chi connectivity index (χ0) is 42.7. The number of rotatable bonds is 12. The first-order chi connectivity index (χ1) is 28.6. The zero-order valence-corrected chi connectivity index (χ0v) is 37.2. The van der Waals surface area contributed by atoms with Crippen LogP contribution in [-0.4, -0.2) is 77.2 Å². The van der Waals surface area contributed by atoms with E-state index in [0.29, 0.717) is 18.8 Å². The summed E-state index contributed by atoms with van der Waals surface area (Å²) in [5.41, 5.74) is -0.360. The van der Waals surface area contributed by atoms with Crippen LogP contribution in [0.25, 0.3) is 5.76 Å². The number of hydrogen-bond donors (Lipinski definition) is 3. The van der Waals surface area contributed by atoms with E-state index in [9.17, 15) is 15.3 Å². The highest BCUT2D eigenvalue weighted by Crippen LogP contribution is 2.60. The topological polar surface area (TPSA) is 152 Å². The number of carbonyl (C=O) groups excluding carboxylic acids is 2. The fourth-order valence-electron chi connectivity index (χ4n) is 9.33. The van der Waals surface area contributed by atoms with Gasteiger partial charge in [-0.25, -0.2) is 4.39 Å². The smallest absolute Gasteiger partial charge is 0.265 e. The lowest BCUT2D eigenvalue weighted by Crippen LogP contribution is -2.68. The molecule has 4 atom stereocenters. The fraction of sp³-hybridized carbons (Fsp3) is 0.457. The number of benzene rings is 3. The predicted molar refractivity (Wildman–Crippen MR) is 228 cm³/mol. The minimum Gasteiger partial charge on any atom is -0.507 e. The number of Topliss-reactive ketones (excluding diaryl/α,β-unsaturated/α-hetero) is 2. The van der Waals surface area contributed by atoms with Gasteiger partial charge >= 0.3 is 0 Å². The second-order valence-electron chi connectivity index (χ2n) is 18.0. The average Bonchev–Trinajstić information content (AvgIpc) is 3.91. The highest BCUT2D eigenvalue weighted by Gasteiger charge is 2.69. The van der Waals surface area contributed by atoms with Crippen LogP contribution >= 0.6 is 15.9 Å². The molecule has 0 amide bonds. The van der Waals surface area contributed by atoms with E-state index >= 15 is 14.0 Å². The first kappa shape index (κ1) is 42.5. The molecular weight excluding hydrogens is 851 g/mol. The van der Waals surface area contributed by atoms with Crippen LogP contribution in [-0.2, 0) is 28.9 Å². The van der Waals surface area contributed by atoms with Crippen LogP contribution in [0.3, 0.4) is 0 Å². The van der Waals surface area contributed by atoms with Gasteiger partial charge in [0.1, 0.15) is 36.1 Å². The number of aliphatic hydroxyl groups excluding tert-OH is 3. The summed E-state index contributed by atoms with van der Waals surface area (Å²) in [5.74, 6) is -4.73. The Hall–Kier alpha value is -4.18. The molecule has 1 aromatic heterocycles. The number of hydrogen-bond acceptors (Lipinski definition) is 11. The number of aliphatic hydroxyl groups is 3. The molecule has 2 fully saturated rings. The van der Waals surface area contributed by atoms with Crippen molar-refractivity contribution in [3.05, 3.63) is 116 Å². The number of carbonyl (C=O) groups is 2. The number of likely N-dealkylation sites (tertiary alicyclic amines) is 1. The third-order valence-corrected chi connectivity index (χ3v) is 18.6. The molecule has 3 N–H and O–H groups in total. The van der Waals surface area contributed by atoms with E-state index in [1.165, 1.54) is 0 Å². The molecule has 3 aliphatic carbocycles. The molecule has 8 rings (SSSR count). The summed E-state index contributed by atoms with van der Waals surface area (Å²) in [4.78, 5) is 33.9. The van der Waals surface area contributed by atoms with Gasteiger partial charge < -0.3 is 33.7 Å². The Bertz CT molecular complexity index is 2320. The largest absolute Gasteiger partial charge is 0.507 e. The molecule has 60 heavy (non-hydrogen) atoms. The lowest BCUT2D eigenvalue weighted by Gasteiger charge is -2.55. The summed E-state index contributed by atoms with van der Waals surface area (Å²) in [6, 6.07) is 18.1. The van der Waals surface area contributed by atoms with Crippen LogP contribution in [0.2, 0.25) is 18.1 Å². The molecule has 3 aromatic carbocycles. The quantitative estimate of drug-likeness (QED) is 0.0926. The van der Waals surface area contributed by atoms with Gasteiger partial charge in [-0.1, -0.05) is 81.4 Å². The normalized spacial score (nSPS) is 23.1. The second kappa shape index (κ2) is 16.3. The molecular formula is C46H52BrFN2O9Si. The monoisotopic (exact) mass is 902 g/mol. The van der Waals surface area contributed by atoms with Crippen molar-refractivity contribution in [1.29, 1.82) is 0 Å². The maximum absolute atomic E-state index is 17.1. The summed E-state index contributed by atoms with van der Waals surface area (Å²) in [6.45, 7) is 10.5. The molecule has 1 saturated carbocycles. The molecule has 0 bridgehead atoms. The molecule has 4 aromatic rings. The molecule has 1 saturated heterocycles. The van der Waals surface area contributed by atoms with Crippen LogP contribution in [0.5, 0.6) is 11.6 Å². The molecule has 0 radical (unpaired) electrons. The second-order valence-corrected chi connectivity index (χ2v) is 23.5. The Morgan fingerprint density at radius 1 is 0.950 bits per heavy atom. The van der Waals surface area contributed by atoms with Crippen molar-refractivity contribution in [2.45, 2.75) is 95.4 Å².